The second-order valence-corrected chi connectivity index (χ2v) is 9.90. The molecule has 0 saturated carbocycles. The van der Waals surface area contributed by atoms with Crippen molar-refractivity contribution in [3.8, 4) is 11.5 Å². The molecule has 7 nitrogen and oxygen atoms in total. The Balaban J connectivity index is 1.73. The van der Waals surface area contributed by atoms with E-state index in [-0.39, 0.29) is 12.5 Å². The van der Waals surface area contributed by atoms with Crippen LogP contribution in [-0.2, 0) is 15.9 Å². The lowest BCUT2D eigenvalue weighted by Crippen LogP contribution is -2.20. The Morgan fingerprint density at radius 1 is 1.08 bits per heavy atom. The molecular weight excluding hydrogens is 502 g/mol. The number of ether oxygens (including phenoxy) is 4. The minimum Gasteiger partial charge on any atom is -0.497 e. The van der Waals surface area contributed by atoms with Crippen LogP contribution >= 0.6 is 11.8 Å². The van der Waals surface area contributed by atoms with Crippen LogP contribution in [0.3, 0.4) is 0 Å². The van der Waals surface area contributed by atoms with Crippen molar-refractivity contribution in [1.29, 1.82) is 0 Å². The van der Waals surface area contributed by atoms with E-state index in [1.54, 1.807) is 13.4 Å². The van der Waals surface area contributed by atoms with E-state index in [4.69, 9.17) is 18.9 Å². The predicted octanol–water partition coefficient (Wildman–Crippen LogP) is 6.92. The van der Waals surface area contributed by atoms with Crippen LogP contribution in [0.25, 0.3) is 10.9 Å². The maximum atomic E-state index is 13.0. The van der Waals surface area contributed by atoms with Crippen molar-refractivity contribution in [1.82, 2.24) is 4.57 Å². The number of fused-ring (bicyclic) bond motifs is 1. The van der Waals surface area contributed by atoms with Crippen LogP contribution in [0.15, 0.2) is 94.6 Å². The van der Waals surface area contributed by atoms with Crippen molar-refractivity contribution < 1.29 is 28.8 Å². The number of hydrogen-bond acceptors (Lipinski definition) is 6. The largest absolute Gasteiger partial charge is 0.497 e. The van der Waals surface area contributed by atoms with Gasteiger partial charge in [-0.3, -0.25) is 0 Å². The van der Waals surface area contributed by atoms with Gasteiger partial charge >= 0.3 is 5.97 Å². The first-order valence-electron chi connectivity index (χ1n) is 12.4. The van der Waals surface area contributed by atoms with Crippen LogP contribution in [0.5, 0.6) is 11.5 Å². The normalized spacial score (nSPS) is 13.5. The van der Waals surface area contributed by atoms with Gasteiger partial charge in [-0.1, -0.05) is 55.1 Å². The number of aromatic nitrogens is 1. The molecule has 1 aliphatic rings. The van der Waals surface area contributed by atoms with Gasteiger partial charge in [0.25, 0.3) is 0 Å². The zero-order valence-electron chi connectivity index (χ0n) is 21.3. The molecule has 1 atom stereocenters. The Morgan fingerprint density at radius 2 is 1.92 bits per heavy atom. The van der Waals surface area contributed by atoms with Gasteiger partial charge < -0.3 is 28.6 Å². The van der Waals surface area contributed by atoms with Crippen LogP contribution in [-0.4, -0.2) is 36.2 Å². The Morgan fingerprint density at radius 3 is 2.63 bits per heavy atom. The lowest BCUT2D eigenvalue weighted by atomic mass is 10.0. The van der Waals surface area contributed by atoms with Crippen LogP contribution in [0.4, 0.5) is 0 Å². The maximum absolute atomic E-state index is 13.0. The van der Waals surface area contributed by atoms with Gasteiger partial charge in [0.05, 0.1) is 30.2 Å². The number of carboxylic acids is 1. The summed E-state index contributed by atoms with van der Waals surface area (Å²) < 4.78 is 24.5. The lowest BCUT2D eigenvalue weighted by Gasteiger charge is -2.22. The van der Waals surface area contributed by atoms with Gasteiger partial charge in [0.2, 0.25) is 6.79 Å². The van der Waals surface area contributed by atoms with Crippen molar-refractivity contribution >= 4 is 28.6 Å². The van der Waals surface area contributed by atoms with Gasteiger partial charge in [-0.25, -0.2) is 4.79 Å². The molecule has 1 aromatic heterocycles. The summed E-state index contributed by atoms with van der Waals surface area (Å²) in [6.45, 7) is 2.71. The van der Waals surface area contributed by atoms with Gasteiger partial charge in [-0.05, 0) is 42.3 Å². The first kappa shape index (κ1) is 25.6. The molecule has 1 unspecified atom stereocenters. The topological polar surface area (TPSA) is 79.2 Å². The van der Waals surface area contributed by atoms with Gasteiger partial charge in [0.1, 0.15) is 23.5 Å². The fourth-order valence-corrected chi connectivity index (χ4v) is 5.69. The summed E-state index contributed by atoms with van der Waals surface area (Å²) in [5.74, 6) is 0.935. The number of carboxylic acid groups (broad SMARTS) is 1. The van der Waals surface area contributed by atoms with E-state index < -0.39 is 12.0 Å². The molecule has 196 valence electrons. The molecule has 1 N–H and O–H groups in total. The summed E-state index contributed by atoms with van der Waals surface area (Å²) in [4.78, 5) is 14.5. The van der Waals surface area contributed by atoms with Crippen LogP contribution in [0.2, 0.25) is 0 Å². The molecule has 5 rings (SSSR count). The smallest absolute Gasteiger partial charge is 0.353 e. The van der Waals surface area contributed by atoms with Gasteiger partial charge in [0.15, 0.2) is 5.76 Å². The SMILES string of the molecule is CCCOc1ccc2c(Sc3cccc(OC)c3)c(C(=O)O)n(C(Cc3ccccc3)C3=COCO3)c2c1. The van der Waals surface area contributed by atoms with Crippen LogP contribution in [0.1, 0.15) is 35.4 Å². The standard InChI is InChI=1S/C30H29NO6S/c1-3-14-36-22-12-13-24-25(17-22)31(26(27-18-35-19-37-27)15-20-8-5-4-6-9-20)28(30(32)33)29(24)38-23-11-7-10-21(16-23)34-2/h4-13,16-18,26H,3,14-15,19H2,1-2H3,(H,32,33). The number of rotatable bonds is 11. The highest BCUT2D eigenvalue weighted by atomic mass is 32.2. The Hall–Kier alpha value is -4.04. The number of benzene rings is 3. The number of methoxy groups -OCH3 is 1. The minimum atomic E-state index is -1.03. The van der Waals surface area contributed by atoms with Crippen LogP contribution < -0.4 is 9.47 Å². The third-order valence-corrected chi connectivity index (χ3v) is 7.38. The molecule has 1 aliphatic heterocycles. The highest BCUT2D eigenvalue weighted by Gasteiger charge is 2.32. The fourth-order valence-electron chi connectivity index (χ4n) is 4.56. The molecular formula is C30H29NO6S. The number of aromatic carboxylic acids is 1. The van der Waals surface area contributed by atoms with E-state index in [0.29, 0.717) is 35.2 Å². The average molecular weight is 532 g/mol. The van der Waals surface area contributed by atoms with Crippen molar-refractivity contribution in [2.24, 2.45) is 0 Å². The molecule has 38 heavy (non-hydrogen) atoms. The van der Waals surface area contributed by atoms with E-state index in [2.05, 4.69) is 0 Å². The van der Waals surface area contributed by atoms with Crippen molar-refractivity contribution in [2.45, 2.75) is 35.6 Å². The summed E-state index contributed by atoms with van der Waals surface area (Å²) in [7, 11) is 1.61. The summed E-state index contributed by atoms with van der Waals surface area (Å²) >= 11 is 1.40. The molecule has 0 amide bonds. The Kier molecular flexibility index (Phi) is 7.79. The summed E-state index contributed by atoms with van der Waals surface area (Å²) in [6, 6.07) is 22.8. The summed E-state index contributed by atoms with van der Waals surface area (Å²) in [6.07, 6.45) is 2.96. The quantitative estimate of drug-likeness (QED) is 0.225. The fraction of sp³-hybridized carbons (Fsp3) is 0.233. The molecule has 4 aromatic rings. The summed E-state index contributed by atoms with van der Waals surface area (Å²) in [5, 5.41) is 11.4. The average Bonchev–Trinajstić information content (AvgIpc) is 3.58. The first-order valence-corrected chi connectivity index (χ1v) is 13.2. The van der Waals surface area contributed by atoms with Gasteiger partial charge in [0, 0.05) is 22.8 Å². The predicted molar refractivity (Wildman–Crippen MR) is 146 cm³/mol. The highest BCUT2D eigenvalue weighted by Crippen LogP contribution is 2.44. The maximum Gasteiger partial charge on any atom is 0.353 e. The second-order valence-electron chi connectivity index (χ2n) is 8.82. The Labute approximate surface area is 225 Å². The monoisotopic (exact) mass is 531 g/mol. The third kappa shape index (κ3) is 5.31. The number of hydrogen-bond donors (Lipinski definition) is 1. The molecule has 0 radical (unpaired) electrons. The molecule has 0 spiro atoms. The zero-order valence-corrected chi connectivity index (χ0v) is 22.1. The van der Waals surface area contributed by atoms with Crippen molar-refractivity contribution in [3.63, 3.8) is 0 Å². The van der Waals surface area contributed by atoms with Crippen molar-refractivity contribution in [3.05, 3.63) is 96.1 Å². The number of allylic oxidation sites excluding steroid dienone is 1. The van der Waals surface area contributed by atoms with Gasteiger partial charge in [-0.15, -0.1) is 0 Å². The molecule has 0 bridgehead atoms. The van der Waals surface area contributed by atoms with Gasteiger partial charge in [-0.2, -0.15) is 0 Å². The minimum absolute atomic E-state index is 0.0957. The number of carbonyl (C=O) groups is 1. The molecule has 0 fully saturated rings. The van der Waals surface area contributed by atoms with Crippen LogP contribution in [0, 0.1) is 0 Å². The van der Waals surface area contributed by atoms with Crippen molar-refractivity contribution in [2.75, 3.05) is 20.5 Å². The van der Waals surface area contributed by atoms with E-state index in [1.165, 1.54) is 11.8 Å². The number of nitrogens with zero attached hydrogens (tertiary/aromatic N) is 1. The molecule has 0 saturated heterocycles. The summed E-state index contributed by atoms with van der Waals surface area (Å²) in [5.41, 5.74) is 1.98. The van der Waals surface area contributed by atoms with E-state index in [1.807, 2.05) is 84.3 Å². The van der Waals surface area contributed by atoms with E-state index in [9.17, 15) is 9.90 Å². The lowest BCUT2D eigenvalue weighted by molar-refractivity contribution is 0.0658. The zero-order chi connectivity index (χ0) is 26.5. The first-order chi connectivity index (χ1) is 18.6. The van der Waals surface area contributed by atoms with E-state index in [0.717, 1.165) is 27.8 Å². The highest BCUT2D eigenvalue weighted by molar-refractivity contribution is 7.99. The second kappa shape index (κ2) is 11.6. The third-order valence-electron chi connectivity index (χ3n) is 6.27. The van der Waals surface area contributed by atoms with E-state index >= 15 is 0 Å². The molecule has 8 heteroatoms. The Bertz CT molecular complexity index is 1460. The molecule has 2 heterocycles. The molecule has 3 aromatic carbocycles. The molecule has 0 aliphatic carbocycles.